The summed E-state index contributed by atoms with van der Waals surface area (Å²) < 4.78 is 11.3. The Bertz CT molecular complexity index is 981. The van der Waals surface area contributed by atoms with Crippen LogP contribution < -0.4 is 15.0 Å². The van der Waals surface area contributed by atoms with E-state index in [9.17, 15) is 4.79 Å². The second kappa shape index (κ2) is 10.1. The van der Waals surface area contributed by atoms with Crippen molar-refractivity contribution in [1.82, 2.24) is 10.3 Å². The van der Waals surface area contributed by atoms with E-state index in [0.29, 0.717) is 39.2 Å². The Morgan fingerprint density at radius 1 is 1.07 bits per heavy atom. The molecule has 1 amide bonds. The predicted octanol–water partition coefficient (Wildman–Crippen LogP) is 3.55. The predicted molar refractivity (Wildman–Crippen MR) is 118 cm³/mol. The van der Waals surface area contributed by atoms with Crippen LogP contribution in [0, 0.1) is 0 Å². The molecule has 1 aromatic heterocycles. The second-order valence-electron chi connectivity index (χ2n) is 7.29. The quantitative estimate of drug-likeness (QED) is 0.581. The topological polar surface area (TPSA) is 63.7 Å². The molecule has 1 saturated heterocycles. The number of ether oxygens (including phenoxy) is 2. The maximum absolute atomic E-state index is 12.3. The first kappa shape index (κ1) is 20.2. The lowest BCUT2D eigenvalue weighted by molar-refractivity contribution is -0.121. The number of anilines is 1. The number of pyridine rings is 1. The summed E-state index contributed by atoms with van der Waals surface area (Å²) in [5.41, 5.74) is 1.03. The van der Waals surface area contributed by atoms with Crippen molar-refractivity contribution in [3.63, 3.8) is 0 Å². The maximum Gasteiger partial charge on any atom is 0.220 e. The van der Waals surface area contributed by atoms with Crippen molar-refractivity contribution in [1.29, 1.82) is 0 Å². The molecule has 156 valence electrons. The summed E-state index contributed by atoms with van der Waals surface area (Å²) in [4.78, 5) is 19.0. The Balaban J connectivity index is 1.24. The van der Waals surface area contributed by atoms with Gasteiger partial charge in [0.05, 0.1) is 19.8 Å². The normalized spacial score (nSPS) is 13.9. The molecule has 0 atom stereocenters. The van der Waals surface area contributed by atoms with Crippen molar-refractivity contribution in [2.24, 2.45) is 0 Å². The first-order chi connectivity index (χ1) is 14.8. The van der Waals surface area contributed by atoms with E-state index in [-0.39, 0.29) is 5.91 Å². The van der Waals surface area contributed by atoms with Crippen LogP contribution in [0.4, 0.5) is 5.82 Å². The van der Waals surface area contributed by atoms with E-state index >= 15 is 0 Å². The molecular formula is C24H27N3O3. The minimum atomic E-state index is 0.0216. The average molecular weight is 405 g/mol. The average Bonchev–Trinajstić information content (AvgIpc) is 2.81. The number of carbonyl (C=O) groups excluding carboxylic acids is 1. The number of amides is 1. The molecule has 0 spiro atoms. The zero-order valence-electron chi connectivity index (χ0n) is 17.0. The van der Waals surface area contributed by atoms with Gasteiger partial charge in [0.1, 0.15) is 11.6 Å². The van der Waals surface area contributed by atoms with Gasteiger partial charge in [-0.25, -0.2) is 4.98 Å². The van der Waals surface area contributed by atoms with Crippen LogP contribution in [0.15, 0.2) is 60.8 Å². The van der Waals surface area contributed by atoms with Crippen LogP contribution in [-0.2, 0) is 16.1 Å². The number of aromatic nitrogens is 1. The van der Waals surface area contributed by atoms with Gasteiger partial charge < -0.3 is 19.7 Å². The van der Waals surface area contributed by atoms with Gasteiger partial charge in [-0.2, -0.15) is 0 Å². The highest BCUT2D eigenvalue weighted by molar-refractivity contribution is 5.88. The highest BCUT2D eigenvalue weighted by Gasteiger charge is 2.16. The Kier molecular flexibility index (Phi) is 6.77. The van der Waals surface area contributed by atoms with E-state index in [2.05, 4.69) is 33.4 Å². The van der Waals surface area contributed by atoms with E-state index < -0.39 is 0 Å². The summed E-state index contributed by atoms with van der Waals surface area (Å²) in [6.07, 6.45) is 2.89. The second-order valence-corrected chi connectivity index (χ2v) is 7.29. The van der Waals surface area contributed by atoms with E-state index in [0.717, 1.165) is 41.0 Å². The highest BCUT2D eigenvalue weighted by atomic mass is 16.5. The number of fused-ring (bicyclic) bond motifs is 1. The fraction of sp³-hybridized carbons (Fsp3) is 0.333. The molecule has 1 aliphatic heterocycles. The van der Waals surface area contributed by atoms with Crippen molar-refractivity contribution in [2.75, 3.05) is 37.8 Å². The van der Waals surface area contributed by atoms with Crippen LogP contribution in [0.1, 0.15) is 18.4 Å². The van der Waals surface area contributed by atoms with Gasteiger partial charge >= 0.3 is 0 Å². The molecule has 0 unspecified atom stereocenters. The van der Waals surface area contributed by atoms with Gasteiger partial charge in [0.15, 0.2) is 0 Å². The lowest BCUT2D eigenvalue weighted by Crippen LogP contribution is -2.37. The van der Waals surface area contributed by atoms with E-state index in [1.54, 1.807) is 6.20 Å². The van der Waals surface area contributed by atoms with Crippen LogP contribution in [0.3, 0.4) is 0 Å². The molecule has 6 nitrogen and oxygen atoms in total. The minimum absolute atomic E-state index is 0.0216. The third-order valence-corrected chi connectivity index (χ3v) is 5.21. The monoisotopic (exact) mass is 405 g/mol. The molecule has 2 aromatic carbocycles. The first-order valence-corrected chi connectivity index (χ1v) is 10.4. The number of benzene rings is 2. The molecule has 0 radical (unpaired) electrons. The number of hydrogen-bond acceptors (Lipinski definition) is 5. The molecule has 4 rings (SSSR count). The number of carbonyl (C=O) groups is 1. The zero-order valence-corrected chi connectivity index (χ0v) is 17.0. The highest BCUT2D eigenvalue weighted by Crippen LogP contribution is 2.25. The standard InChI is InChI=1S/C24H27N3O3/c28-23(11-5-15-30-22-10-3-7-19-6-1-2-9-21(19)22)26-18-20-8-4-12-25-24(20)27-13-16-29-17-14-27/h1-4,6-10,12H,5,11,13-18H2,(H,26,28). The van der Waals surface area contributed by atoms with Crippen LogP contribution in [0.5, 0.6) is 5.75 Å². The number of hydrogen-bond donors (Lipinski definition) is 1. The van der Waals surface area contributed by atoms with Crippen molar-refractivity contribution >= 4 is 22.5 Å². The molecule has 0 saturated carbocycles. The van der Waals surface area contributed by atoms with Crippen LogP contribution in [0.25, 0.3) is 10.8 Å². The van der Waals surface area contributed by atoms with Gasteiger partial charge in [-0.15, -0.1) is 0 Å². The molecule has 1 fully saturated rings. The molecule has 1 N–H and O–H groups in total. The third kappa shape index (κ3) is 5.07. The summed E-state index contributed by atoms with van der Waals surface area (Å²) in [6.45, 7) is 4.04. The summed E-state index contributed by atoms with van der Waals surface area (Å²) in [7, 11) is 0. The molecule has 2 heterocycles. The van der Waals surface area contributed by atoms with Crippen LogP contribution in [-0.4, -0.2) is 43.8 Å². The summed E-state index contributed by atoms with van der Waals surface area (Å²) in [5.74, 6) is 1.81. The van der Waals surface area contributed by atoms with Crippen molar-refractivity contribution in [3.05, 3.63) is 66.4 Å². The fourth-order valence-electron chi connectivity index (χ4n) is 3.65. The van der Waals surface area contributed by atoms with Gasteiger partial charge in [-0.3, -0.25) is 4.79 Å². The van der Waals surface area contributed by atoms with Gasteiger partial charge in [-0.1, -0.05) is 42.5 Å². The van der Waals surface area contributed by atoms with Crippen LogP contribution >= 0.6 is 0 Å². The maximum atomic E-state index is 12.3. The Morgan fingerprint density at radius 2 is 1.90 bits per heavy atom. The third-order valence-electron chi connectivity index (χ3n) is 5.21. The van der Waals surface area contributed by atoms with Crippen molar-refractivity contribution < 1.29 is 14.3 Å². The molecule has 1 aliphatic rings. The van der Waals surface area contributed by atoms with Gasteiger partial charge in [0.2, 0.25) is 5.91 Å². The Labute approximate surface area is 176 Å². The molecule has 30 heavy (non-hydrogen) atoms. The molecule has 0 aliphatic carbocycles. The van der Waals surface area contributed by atoms with Crippen molar-refractivity contribution in [3.8, 4) is 5.75 Å². The minimum Gasteiger partial charge on any atom is -0.493 e. The van der Waals surface area contributed by atoms with Crippen LogP contribution in [0.2, 0.25) is 0 Å². The Morgan fingerprint density at radius 3 is 2.80 bits per heavy atom. The van der Waals surface area contributed by atoms with E-state index in [4.69, 9.17) is 9.47 Å². The molecule has 0 bridgehead atoms. The van der Waals surface area contributed by atoms with Gasteiger partial charge in [-0.05, 0) is 23.9 Å². The number of nitrogens with one attached hydrogen (secondary N) is 1. The molecule has 3 aromatic rings. The van der Waals surface area contributed by atoms with Gasteiger partial charge in [0, 0.05) is 43.2 Å². The van der Waals surface area contributed by atoms with E-state index in [1.165, 1.54) is 0 Å². The zero-order chi connectivity index (χ0) is 20.6. The lowest BCUT2D eigenvalue weighted by Gasteiger charge is -2.29. The summed E-state index contributed by atoms with van der Waals surface area (Å²) >= 11 is 0. The van der Waals surface area contributed by atoms with Crippen molar-refractivity contribution in [2.45, 2.75) is 19.4 Å². The number of rotatable bonds is 8. The largest absolute Gasteiger partial charge is 0.493 e. The number of nitrogens with zero attached hydrogens (tertiary/aromatic N) is 2. The van der Waals surface area contributed by atoms with E-state index in [1.807, 2.05) is 36.4 Å². The molecular weight excluding hydrogens is 378 g/mol. The fourth-order valence-corrected chi connectivity index (χ4v) is 3.65. The van der Waals surface area contributed by atoms with Gasteiger partial charge in [0.25, 0.3) is 0 Å². The SMILES string of the molecule is O=C(CCCOc1cccc2ccccc12)NCc1cccnc1N1CCOCC1. The number of morpholine rings is 1. The molecule has 6 heteroatoms. The Hall–Kier alpha value is -3.12. The smallest absolute Gasteiger partial charge is 0.220 e. The first-order valence-electron chi connectivity index (χ1n) is 10.4. The lowest BCUT2D eigenvalue weighted by atomic mass is 10.1. The summed E-state index contributed by atoms with van der Waals surface area (Å²) in [5, 5.41) is 5.26. The summed E-state index contributed by atoms with van der Waals surface area (Å²) in [6, 6.07) is 18.1.